The average Bonchev–Trinajstić information content (AvgIpc) is 3.06. The Kier molecular flexibility index (Phi) is 3.69. The third kappa shape index (κ3) is 2.82. The average molecular weight is 272 g/mol. The molecule has 0 radical (unpaired) electrons. The number of pyridine rings is 1. The minimum absolute atomic E-state index is 0.0955. The molecule has 2 aromatic heterocycles. The summed E-state index contributed by atoms with van der Waals surface area (Å²) in [5, 5.41) is 6.29. The van der Waals surface area contributed by atoms with Gasteiger partial charge in [-0.05, 0) is 38.4 Å². The van der Waals surface area contributed by atoms with Crippen molar-refractivity contribution in [1.82, 2.24) is 20.0 Å². The van der Waals surface area contributed by atoms with Gasteiger partial charge in [-0.2, -0.15) is 0 Å². The van der Waals surface area contributed by atoms with E-state index in [1.54, 1.807) is 0 Å². The van der Waals surface area contributed by atoms with Crippen LogP contribution in [0.1, 0.15) is 30.7 Å². The van der Waals surface area contributed by atoms with Crippen molar-refractivity contribution in [3.63, 3.8) is 0 Å². The highest BCUT2D eigenvalue weighted by Crippen LogP contribution is 2.10. The van der Waals surface area contributed by atoms with Gasteiger partial charge in [0.15, 0.2) is 0 Å². The van der Waals surface area contributed by atoms with Gasteiger partial charge in [0.1, 0.15) is 5.65 Å². The minimum atomic E-state index is 0.0955. The van der Waals surface area contributed by atoms with Crippen LogP contribution in [0.5, 0.6) is 0 Å². The lowest BCUT2D eigenvalue weighted by atomic mass is 10.1. The van der Waals surface area contributed by atoms with Gasteiger partial charge >= 0.3 is 0 Å². The molecule has 0 bridgehead atoms. The second kappa shape index (κ2) is 5.63. The smallest absolute Gasteiger partial charge is 0.221 e. The second-order valence-corrected chi connectivity index (χ2v) is 5.40. The van der Waals surface area contributed by atoms with Crippen molar-refractivity contribution in [1.29, 1.82) is 0 Å². The summed E-state index contributed by atoms with van der Waals surface area (Å²) in [4.78, 5) is 16.4. The van der Waals surface area contributed by atoms with Crippen molar-refractivity contribution in [3.05, 3.63) is 35.8 Å². The molecule has 1 aliphatic rings. The topological polar surface area (TPSA) is 58.4 Å². The van der Waals surface area contributed by atoms with Crippen LogP contribution in [0.15, 0.2) is 24.4 Å². The number of fused-ring (bicyclic) bond motifs is 1. The molecule has 2 aromatic rings. The Bertz CT molecular complexity index is 613. The van der Waals surface area contributed by atoms with Crippen LogP contribution in [-0.4, -0.2) is 27.9 Å². The Hall–Kier alpha value is -1.88. The third-order valence-electron chi connectivity index (χ3n) is 3.81. The molecule has 0 aromatic carbocycles. The van der Waals surface area contributed by atoms with E-state index in [0.717, 1.165) is 30.0 Å². The van der Waals surface area contributed by atoms with Gasteiger partial charge in [-0.15, -0.1) is 0 Å². The lowest BCUT2D eigenvalue weighted by Gasteiger charge is -2.09. The fraction of sp³-hybridized carbons (Fsp3) is 0.467. The summed E-state index contributed by atoms with van der Waals surface area (Å²) in [5.74, 6) is 0.0955. The maximum atomic E-state index is 11.9. The highest BCUT2D eigenvalue weighted by Gasteiger charge is 2.17. The van der Waals surface area contributed by atoms with Gasteiger partial charge in [0.2, 0.25) is 5.91 Å². The van der Waals surface area contributed by atoms with E-state index in [9.17, 15) is 4.79 Å². The number of amides is 1. The van der Waals surface area contributed by atoms with E-state index >= 15 is 0 Å². The molecule has 2 N–H and O–H groups in total. The van der Waals surface area contributed by atoms with Gasteiger partial charge in [-0.3, -0.25) is 4.79 Å². The molecule has 20 heavy (non-hydrogen) atoms. The van der Waals surface area contributed by atoms with Crippen LogP contribution in [0.4, 0.5) is 0 Å². The number of imidazole rings is 1. The van der Waals surface area contributed by atoms with Gasteiger partial charge in [0.25, 0.3) is 0 Å². The number of nitrogens with zero attached hydrogens (tertiary/aromatic N) is 2. The van der Waals surface area contributed by atoms with Gasteiger partial charge in [-0.25, -0.2) is 4.98 Å². The molecule has 0 saturated carbocycles. The van der Waals surface area contributed by atoms with Crippen LogP contribution in [-0.2, 0) is 11.3 Å². The molecule has 3 heterocycles. The number of aromatic nitrogens is 2. The van der Waals surface area contributed by atoms with Crippen molar-refractivity contribution in [3.8, 4) is 0 Å². The van der Waals surface area contributed by atoms with E-state index < -0.39 is 0 Å². The normalized spacial score (nSPS) is 18.6. The first-order valence-electron chi connectivity index (χ1n) is 7.16. The zero-order valence-electron chi connectivity index (χ0n) is 11.7. The third-order valence-corrected chi connectivity index (χ3v) is 3.81. The Morgan fingerprint density at radius 3 is 3.20 bits per heavy atom. The predicted molar refractivity (Wildman–Crippen MR) is 77.4 cm³/mol. The standard InChI is InChI=1S/C15H20N4O/c1-11-4-2-6-14-18-13(10-19(11)14)9-17-15(20)8-12-5-3-7-16-12/h2,4,6,10,12,16H,3,5,7-9H2,1H3,(H,17,20). The summed E-state index contributed by atoms with van der Waals surface area (Å²) >= 11 is 0. The maximum Gasteiger partial charge on any atom is 0.221 e. The quantitative estimate of drug-likeness (QED) is 0.884. The van der Waals surface area contributed by atoms with Gasteiger partial charge in [0, 0.05) is 24.4 Å². The molecule has 5 nitrogen and oxygen atoms in total. The van der Waals surface area contributed by atoms with E-state index in [2.05, 4.69) is 15.6 Å². The van der Waals surface area contributed by atoms with Gasteiger partial charge < -0.3 is 15.0 Å². The van der Waals surface area contributed by atoms with Crippen molar-refractivity contribution < 1.29 is 4.79 Å². The monoisotopic (exact) mass is 272 g/mol. The Morgan fingerprint density at radius 1 is 1.55 bits per heavy atom. The van der Waals surface area contributed by atoms with Crippen molar-refractivity contribution in [2.45, 2.75) is 38.8 Å². The Labute approximate surface area is 118 Å². The van der Waals surface area contributed by atoms with E-state index in [0.29, 0.717) is 19.0 Å². The predicted octanol–water partition coefficient (Wildman–Crippen LogP) is 1.40. The van der Waals surface area contributed by atoms with Crippen LogP contribution in [0.2, 0.25) is 0 Å². The molecule has 1 fully saturated rings. The minimum Gasteiger partial charge on any atom is -0.350 e. The summed E-state index contributed by atoms with van der Waals surface area (Å²) in [6.45, 7) is 3.57. The van der Waals surface area contributed by atoms with Crippen LogP contribution in [0, 0.1) is 6.92 Å². The van der Waals surface area contributed by atoms with Crippen LogP contribution in [0.25, 0.3) is 5.65 Å². The summed E-state index contributed by atoms with van der Waals surface area (Å²) < 4.78 is 2.04. The van der Waals surface area contributed by atoms with Crippen molar-refractivity contribution in [2.75, 3.05) is 6.54 Å². The largest absolute Gasteiger partial charge is 0.350 e. The molecule has 3 rings (SSSR count). The Balaban J connectivity index is 1.59. The number of carbonyl (C=O) groups is 1. The van der Waals surface area contributed by atoms with Crippen LogP contribution in [0.3, 0.4) is 0 Å². The summed E-state index contributed by atoms with van der Waals surface area (Å²) in [7, 11) is 0. The SMILES string of the molecule is Cc1cccc2nc(CNC(=O)CC3CCCN3)cn12. The van der Waals surface area contributed by atoms with Gasteiger partial charge in [-0.1, -0.05) is 6.07 Å². The number of carbonyl (C=O) groups excluding carboxylic acids is 1. The molecule has 0 aliphatic carbocycles. The van der Waals surface area contributed by atoms with Crippen LogP contribution >= 0.6 is 0 Å². The van der Waals surface area contributed by atoms with E-state index in [1.807, 2.05) is 35.7 Å². The number of rotatable bonds is 4. The van der Waals surface area contributed by atoms with E-state index in [4.69, 9.17) is 0 Å². The fourth-order valence-electron chi connectivity index (χ4n) is 2.70. The summed E-state index contributed by atoms with van der Waals surface area (Å²) in [6.07, 6.45) is 4.82. The highest BCUT2D eigenvalue weighted by molar-refractivity contribution is 5.76. The van der Waals surface area contributed by atoms with Crippen molar-refractivity contribution >= 4 is 11.6 Å². The zero-order valence-corrected chi connectivity index (χ0v) is 11.7. The number of hydrogen-bond acceptors (Lipinski definition) is 3. The van der Waals surface area contributed by atoms with Gasteiger partial charge in [0.05, 0.1) is 12.2 Å². The Morgan fingerprint density at radius 2 is 2.45 bits per heavy atom. The zero-order chi connectivity index (χ0) is 13.9. The molecule has 1 amide bonds. The van der Waals surface area contributed by atoms with E-state index in [-0.39, 0.29) is 5.91 Å². The van der Waals surface area contributed by atoms with Crippen LogP contribution < -0.4 is 10.6 Å². The maximum absolute atomic E-state index is 11.9. The van der Waals surface area contributed by atoms with Crippen molar-refractivity contribution in [2.24, 2.45) is 0 Å². The molecular weight excluding hydrogens is 252 g/mol. The first-order valence-corrected chi connectivity index (χ1v) is 7.16. The summed E-state index contributed by atoms with van der Waals surface area (Å²) in [6, 6.07) is 6.35. The first-order chi connectivity index (χ1) is 9.72. The van der Waals surface area contributed by atoms with E-state index in [1.165, 1.54) is 6.42 Å². The lowest BCUT2D eigenvalue weighted by Crippen LogP contribution is -2.31. The second-order valence-electron chi connectivity index (χ2n) is 5.40. The number of hydrogen-bond donors (Lipinski definition) is 2. The lowest BCUT2D eigenvalue weighted by molar-refractivity contribution is -0.121. The molecule has 106 valence electrons. The molecule has 1 unspecified atom stereocenters. The molecular formula is C15H20N4O. The number of aryl methyl sites for hydroxylation is 1. The molecule has 1 aliphatic heterocycles. The first kappa shape index (κ1) is 13.1. The molecule has 1 atom stereocenters. The highest BCUT2D eigenvalue weighted by atomic mass is 16.1. The number of nitrogens with one attached hydrogen (secondary N) is 2. The summed E-state index contributed by atoms with van der Waals surface area (Å²) in [5.41, 5.74) is 2.96. The molecule has 5 heteroatoms. The molecule has 1 saturated heterocycles. The molecule has 0 spiro atoms. The fourth-order valence-corrected chi connectivity index (χ4v) is 2.70.